The normalized spacial score (nSPS) is 12.7. The topological polar surface area (TPSA) is 46.2 Å². The van der Waals surface area contributed by atoms with E-state index in [4.69, 9.17) is 0 Å². The third-order valence-corrected chi connectivity index (χ3v) is 4.01. The highest BCUT2D eigenvalue weighted by atomic mass is 32.2. The summed E-state index contributed by atoms with van der Waals surface area (Å²) in [6, 6.07) is 0. The molecule has 0 aliphatic carbocycles. The van der Waals surface area contributed by atoms with Crippen LogP contribution in [0.5, 0.6) is 0 Å². The van der Waals surface area contributed by atoms with Crippen molar-refractivity contribution < 1.29 is 8.42 Å². The molecule has 0 aromatic heterocycles. The minimum atomic E-state index is -3.05. The van der Waals surface area contributed by atoms with E-state index >= 15 is 0 Å². The average Bonchev–Trinajstić information content (AvgIpc) is 2.03. The lowest BCUT2D eigenvalue weighted by Crippen LogP contribution is -2.32. The summed E-state index contributed by atoms with van der Waals surface area (Å²) in [5.74, 6) is 0.888. The Morgan fingerprint density at radius 3 is 2.00 bits per heavy atom. The van der Waals surface area contributed by atoms with Crippen LogP contribution in [0.2, 0.25) is 0 Å². The first-order chi connectivity index (χ1) is 6.41. The molecule has 0 aromatic carbocycles. The smallest absolute Gasteiger partial charge is 0.211 e. The molecule has 0 rings (SSSR count). The summed E-state index contributed by atoms with van der Waals surface area (Å²) in [5, 5.41) is 0. The van der Waals surface area contributed by atoms with Gasteiger partial charge in [0.15, 0.2) is 0 Å². The predicted octanol–water partition coefficient (Wildman–Crippen LogP) is 2.00. The van der Waals surface area contributed by atoms with Crippen molar-refractivity contribution in [2.75, 3.05) is 12.3 Å². The molecular weight excluding hydrogens is 198 g/mol. The number of sulfonamides is 1. The van der Waals surface area contributed by atoms with Crippen LogP contribution in [0.3, 0.4) is 0 Å². The fourth-order valence-corrected chi connectivity index (χ4v) is 2.81. The van der Waals surface area contributed by atoms with Crippen molar-refractivity contribution in [3.63, 3.8) is 0 Å². The predicted molar refractivity (Wildman–Crippen MR) is 60.7 cm³/mol. The highest BCUT2D eigenvalue weighted by Crippen LogP contribution is 2.06. The molecule has 0 radical (unpaired) electrons. The molecule has 0 saturated carbocycles. The van der Waals surface area contributed by atoms with E-state index in [1.807, 2.05) is 13.8 Å². The van der Waals surface area contributed by atoms with E-state index in [9.17, 15) is 8.42 Å². The van der Waals surface area contributed by atoms with Crippen LogP contribution in [0.25, 0.3) is 0 Å². The van der Waals surface area contributed by atoms with Crippen LogP contribution in [0.4, 0.5) is 0 Å². The Bertz CT molecular complexity index is 231. The van der Waals surface area contributed by atoms with Gasteiger partial charge in [-0.2, -0.15) is 0 Å². The Kier molecular flexibility index (Phi) is 6.36. The Balaban J connectivity index is 3.98. The quantitative estimate of drug-likeness (QED) is 0.714. The molecule has 0 spiro atoms. The van der Waals surface area contributed by atoms with Crippen molar-refractivity contribution in [3.05, 3.63) is 0 Å². The van der Waals surface area contributed by atoms with Gasteiger partial charge in [0.2, 0.25) is 10.0 Å². The van der Waals surface area contributed by atoms with Crippen molar-refractivity contribution >= 4 is 10.0 Å². The summed E-state index contributed by atoms with van der Waals surface area (Å²) in [6.07, 6.45) is 2.06. The molecular formula is C10H23NO2S. The summed E-state index contributed by atoms with van der Waals surface area (Å²) in [7, 11) is -3.05. The van der Waals surface area contributed by atoms with E-state index < -0.39 is 10.0 Å². The molecule has 0 aromatic rings. The molecule has 0 unspecified atom stereocenters. The van der Waals surface area contributed by atoms with Gasteiger partial charge in [-0.1, -0.05) is 40.5 Å². The van der Waals surface area contributed by atoms with Gasteiger partial charge >= 0.3 is 0 Å². The number of rotatable bonds is 7. The van der Waals surface area contributed by atoms with Crippen molar-refractivity contribution in [3.8, 4) is 0 Å². The van der Waals surface area contributed by atoms with E-state index in [0.29, 0.717) is 12.5 Å². The first-order valence-electron chi connectivity index (χ1n) is 5.38. The highest BCUT2D eigenvalue weighted by Gasteiger charge is 2.14. The summed E-state index contributed by atoms with van der Waals surface area (Å²) >= 11 is 0. The maximum absolute atomic E-state index is 11.5. The third kappa shape index (κ3) is 6.38. The van der Waals surface area contributed by atoms with E-state index in [2.05, 4.69) is 18.6 Å². The van der Waals surface area contributed by atoms with Crippen LogP contribution >= 0.6 is 0 Å². The van der Waals surface area contributed by atoms with Gasteiger partial charge in [-0.25, -0.2) is 13.1 Å². The van der Waals surface area contributed by atoms with Crippen molar-refractivity contribution in [2.45, 2.75) is 40.5 Å². The van der Waals surface area contributed by atoms with Crippen LogP contribution in [-0.2, 0) is 10.0 Å². The molecule has 0 heterocycles. The van der Waals surface area contributed by atoms with Gasteiger partial charge in [-0.15, -0.1) is 0 Å². The molecule has 0 aliphatic heterocycles. The monoisotopic (exact) mass is 221 g/mol. The number of nitrogens with one attached hydrogen (secondary N) is 1. The Labute approximate surface area is 88.3 Å². The molecule has 4 heteroatoms. The fourth-order valence-electron chi connectivity index (χ4n) is 1.32. The van der Waals surface area contributed by atoms with Gasteiger partial charge in [-0.05, 0) is 11.8 Å². The Morgan fingerprint density at radius 1 is 1.14 bits per heavy atom. The van der Waals surface area contributed by atoms with Gasteiger partial charge in [0.1, 0.15) is 0 Å². The molecule has 1 N–H and O–H groups in total. The second-order valence-corrected chi connectivity index (χ2v) is 6.06. The molecule has 86 valence electrons. The van der Waals surface area contributed by atoms with Gasteiger partial charge in [0.25, 0.3) is 0 Å². The average molecular weight is 221 g/mol. The van der Waals surface area contributed by atoms with Crippen LogP contribution in [0, 0.1) is 11.8 Å². The molecule has 0 aliphatic rings. The van der Waals surface area contributed by atoms with E-state index in [1.54, 1.807) is 0 Å². The SMILES string of the molecule is CCC(CC)CNS(=O)(=O)CC(C)C. The van der Waals surface area contributed by atoms with Crippen LogP contribution in [-0.4, -0.2) is 20.7 Å². The molecule has 0 amide bonds. The fraction of sp³-hybridized carbons (Fsp3) is 1.00. The van der Waals surface area contributed by atoms with Gasteiger partial charge in [-0.3, -0.25) is 0 Å². The maximum atomic E-state index is 11.5. The minimum Gasteiger partial charge on any atom is -0.215 e. The second-order valence-electron chi connectivity index (χ2n) is 4.21. The molecule has 0 saturated heterocycles. The number of hydrogen-bond donors (Lipinski definition) is 1. The lowest BCUT2D eigenvalue weighted by Gasteiger charge is -2.14. The molecule has 14 heavy (non-hydrogen) atoms. The zero-order valence-corrected chi connectivity index (χ0v) is 10.5. The van der Waals surface area contributed by atoms with Crippen LogP contribution in [0.1, 0.15) is 40.5 Å². The lowest BCUT2D eigenvalue weighted by molar-refractivity contribution is 0.477. The summed E-state index contributed by atoms with van der Waals surface area (Å²) < 4.78 is 25.6. The maximum Gasteiger partial charge on any atom is 0.211 e. The summed E-state index contributed by atoms with van der Waals surface area (Å²) in [5.41, 5.74) is 0. The van der Waals surface area contributed by atoms with Crippen LogP contribution in [0.15, 0.2) is 0 Å². The zero-order chi connectivity index (χ0) is 11.2. The molecule has 0 bridgehead atoms. The zero-order valence-electron chi connectivity index (χ0n) is 9.71. The Hall–Kier alpha value is -0.0900. The summed E-state index contributed by atoms with van der Waals surface area (Å²) in [4.78, 5) is 0. The first-order valence-corrected chi connectivity index (χ1v) is 7.03. The Morgan fingerprint density at radius 2 is 1.64 bits per heavy atom. The largest absolute Gasteiger partial charge is 0.215 e. The third-order valence-electron chi connectivity index (χ3n) is 2.30. The van der Waals surface area contributed by atoms with Gasteiger partial charge in [0, 0.05) is 6.54 Å². The van der Waals surface area contributed by atoms with Crippen molar-refractivity contribution in [1.29, 1.82) is 0 Å². The lowest BCUT2D eigenvalue weighted by atomic mass is 10.0. The minimum absolute atomic E-state index is 0.189. The summed E-state index contributed by atoms with van der Waals surface area (Å²) in [6.45, 7) is 8.59. The molecule has 0 atom stereocenters. The van der Waals surface area contributed by atoms with E-state index in [-0.39, 0.29) is 11.7 Å². The van der Waals surface area contributed by atoms with Gasteiger partial charge < -0.3 is 0 Å². The molecule has 3 nitrogen and oxygen atoms in total. The van der Waals surface area contributed by atoms with Crippen LogP contribution < -0.4 is 4.72 Å². The standard InChI is InChI=1S/C10H23NO2S/c1-5-10(6-2)7-11-14(12,13)8-9(3)4/h9-11H,5-8H2,1-4H3. The molecule has 0 fully saturated rings. The highest BCUT2D eigenvalue weighted by molar-refractivity contribution is 7.89. The number of hydrogen-bond acceptors (Lipinski definition) is 2. The van der Waals surface area contributed by atoms with E-state index in [1.165, 1.54) is 0 Å². The van der Waals surface area contributed by atoms with E-state index in [0.717, 1.165) is 12.8 Å². The van der Waals surface area contributed by atoms with Crippen molar-refractivity contribution in [1.82, 2.24) is 4.72 Å². The first kappa shape index (κ1) is 13.9. The second kappa shape index (κ2) is 6.40. The van der Waals surface area contributed by atoms with Gasteiger partial charge in [0.05, 0.1) is 5.75 Å². The van der Waals surface area contributed by atoms with Crippen molar-refractivity contribution in [2.24, 2.45) is 11.8 Å².